The average Bonchev–Trinajstić information content (AvgIpc) is 2.84. The Morgan fingerprint density at radius 3 is 2.42 bits per heavy atom. The van der Waals surface area contributed by atoms with E-state index < -0.39 is 0 Å². The summed E-state index contributed by atoms with van der Waals surface area (Å²) in [5, 5.41) is 7.24. The molecule has 4 rings (SSSR count). The third kappa shape index (κ3) is 6.31. The first-order valence-electron chi connectivity index (χ1n) is 11.7. The Morgan fingerprint density at radius 2 is 1.71 bits per heavy atom. The van der Waals surface area contributed by atoms with Gasteiger partial charge in [0.05, 0.1) is 6.10 Å². The van der Waals surface area contributed by atoms with Crippen LogP contribution in [0.2, 0.25) is 0 Å². The Labute approximate surface area is 186 Å². The van der Waals surface area contributed by atoms with Crippen molar-refractivity contribution in [2.75, 3.05) is 33.3 Å². The average molecular weight is 421 g/mol. The van der Waals surface area contributed by atoms with Crippen molar-refractivity contribution in [3.8, 4) is 0 Å². The summed E-state index contributed by atoms with van der Waals surface area (Å²) in [6.45, 7) is 5.02. The molecule has 2 heterocycles. The topological polar surface area (TPSA) is 48.9 Å². The van der Waals surface area contributed by atoms with Gasteiger partial charge in [0.15, 0.2) is 5.96 Å². The third-order valence-corrected chi connectivity index (χ3v) is 6.51. The molecule has 5 nitrogen and oxygen atoms in total. The molecule has 2 aliphatic heterocycles. The van der Waals surface area contributed by atoms with E-state index in [0.717, 1.165) is 58.0 Å². The number of piperidine rings is 1. The summed E-state index contributed by atoms with van der Waals surface area (Å²) in [7, 11) is 1.87. The van der Waals surface area contributed by atoms with Crippen molar-refractivity contribution < 1.29 is 4.74 Å². The van der Waals surface area contributed by atoms with E-state index in [9.17, 15) is 0 Å². The van der Waals surface area contributed by atoms with Gasteiger partial charge in [-0.2, -0.15) is 0 Å². The van der Waals surface area contributed by atoms with Gasteiger partial charge < -0.3 is 15.4 Å². The highest BCUT2D eigenvalue weighted by atomic mass is 16.5. The van der Waals surface area contributed by atoms with Crippen LogP contribution in [0.4, 0.5) is 0 Å². The number of likely N-dealkylation sites (tertiary alicyclic amines) is 1. The second kappa shape index (κ2) is 11.3. The fraction of sp³-hybridized carbons (Fsp3) is 0.500. The van der Waals surface area contributed by atoms with E-state index in [1.165, 1.54) is 17.5 Å². The van der Waals surface area contributed by atoms with Crippen LogP contribution < -0.4 is 10.6 Å². The van der Waals surface area contributed by atoms with Gasteiger partial charge in [0.1, 0.15) is 0 Å². The molecule has 31 heavy (non-hydrogen) atoms. The molecule has 2 aromatic carbocycles. The van der Waals surface area contributed by atoms with E-state index in [-0.39, 0.29) is 6.10 Å². The second-order valence-electron chi connectivity index (χ2n) is 8.74. The van der Waals surface area contributed by atoms with E-state index in [1.807, 2.05) is 7.05 Å². The molecule has 0 radical (unpaired) electrons. The molecule has 0 bridgehead atoms. The maximum absolute atomic E-state index is 6.15. The standard InChI is InChI=1S/C26H36N4O/c1-27-26(28-19-23-13-8-18-31-25(23)22-11-6-3-7-12-22)29-24-14-16-30(17-15-24)20-21-9-4-2-5-10-21/h2-7,9-12,23-25H,8,13-20H2,1H3,(H2,27,28,29). The van der Waals surface area contributed by atoms with Crippen LogP contribution in [0.5, 0.6) is 0 Å². The Morgan fingerprint density at radius 1 is 1.00 bits per heavy atom. The molecular weight excluding hydrogens is 384 g/mol. The normalized spacial score (nSPS) is 23.5. The van der Waals surface area contributed by atoms with Crippen molar-refractivity contribution in [3.63, 3.8) is 0 Å². The highest BCUT2D eigenvalue weighted by Crippen LogP contribution is 2.33. The van der Waals surface area contributed by atoms with Crippen molar-refractivity contribution in [2.45, 2.75) is 44.4 Å². The fourth-order valence-electron chi connectivity index (χ4n) is 4.76. The number of rotatable bonds is 6. The zero-order valence-electron chi connectivity index (χ0n) is 18.7. The van der Waals surface area contributed by atoms with Gasteiger partial charge in [-0.15, -0.1) is 0 Å². The van der Waals surface area contributed by atoms with Gasteiger partial charge in [-0.25, -0.2) is 0 Å². The van der Waals surface area contributed by atoms with Crippen molar-refractivity contribution in [2.24, 2.45) is 10.9 Å². The molecule has 166 valence electrons. The highest BCUT2D eigenvalue weighted by Gasteiger charge is 2.28. The lowest BCUT2D eigenvalue weighted by Gasteiger charge is -2.34. The molecule has 2 aliphatic rings. The molecule has 0 amide bonds. The summed E-state index contributed by atoms with van der Waals surface area (Å²) >= 11 is 0. The van der Waals surface area contributed by atoms with Crippen LogP contribution >= 0.6 is 0 Å². The minimum atomic E-state index is 0.168. The number of ether oxygens (including phenoxy) is 1. The van der Waals surface area contributed by atoms with Crippen molar-refractivity contribution in [1.29, 1.82) is 0 Å². The van der Waals surface area contributed by atoms with E-state index in [2.05, 4.69) is 81.2 Å². The van der Waals surface area contributed by atoms with Crippen LogP contribution in [0.1, 0.15) is 42.9 Å². The quantitative estimate of drug-likeness (QED) is 0.548. The first-order valence-corrected chi connectivity index (χ1v) is 11.7. The van der Waals surface area contributed by atoms with Crippen LogP contribution in [0.25, 0.3) is 0 Å². The molecular formula is C26H36N4O. The maximum Gasteiger partial charge on any atom is 0.191 e. The van der Waals surface area contributed by atoms with Gasteiger partial charge in [-0.3, -0.25) is 9.89 Å². The molecule has 2 atom stereocenters. The van der Waals surface area contributed by atoms with Crippen LogP contribution in [0.15, 0.2) is 65.7 Å². The highest BCUT2D eigenvalue weighted by molar-refractivity contribution is 5.80. The Balaban J connectivity index is 1.23. The van der Waals surface area contributed by atoms with Gasteiger partial charge in [0, 0.05) is 51.8 Å². The first kappa shape index (κ1) is 21.8. The van der Waals surface area contributed by atoms with E-state index >= 15 is 0 Å². The van der Waals surface area contributed by atoms with Crippen molar-refractivity contribution >= 4 is 5.96 Å². The monoisotopic (exact) mass is 420 g/mol. The lowest BCUT2D eigenvalue weighted by Crippen LogP contribution is -2.49. The van der Waals surface area contributed by atoms with Crippen LogP contribution in [0.3, 0.4) is 0 Å². The van der Waals surface area contributed by atoms with Crippen molar-refractivity contribution in [3.05, 3.63) is 71.8 Å². The Hall–Kier alpha value is -2.37. The molecule has 2 N–H and O–H groups in total. The molecule has 5 heteroatoms. The van der Waals surface area contributed by atoms with E-state index in [1.54, 1.807) is 0 Å². The number of guanidine groups is 1. The van der Waals surface area contributed by atoms with Crippen LogP contribution in [-0.2, 0) is 11.3 Å². The molecule has 0 saturated carbocycles. The Bertz CT molecular complexity index is 803. The second-order valence-corrected chi connectivity index (χ2v) is 8.74. The number of hydrogen-bond acceptors (Lipinski definition) is 3. The molecule has 0 spiro atoms. The number of nitrogens with one attached hydrogen (secondary N) is 2. The number of benzene rings is 2. The molecule has 2 aromatic rings. The number of hydrogen-bond donors (Lipinski definition) is 2. The summed E-state index contributed by atoms with van der Waals surface area (Å²) in [4.78, 5) is 7.04. The molecule has 2 unspecified atom stereocenters. The minimum absolute atomic E-state index is 0.168. The third-order valence-electron chi connectivity index (χ3n) is 6.51. The van der Waals surface area contributed by atoms with Gasteiger partial charge in [0.2, 0.25) is 0 Å². The SMILES string of the molecule is CN=C(NCC1CCCOC1c1ccccc1)NC1CCN(Cc2ccccc2)CC1. The van der Waals surface area contributed by atoms with Gasteiger partial charge in [-0.05, 0) is 36.8 Å². The summed E-state index contributed by atoms with van der Waals surface area (Å²) < 4.78 is 6.15. The zero-order valence-corrected chi connectivity index (χ0v) is 18.7. The van der Waals surface area contributed by atoms with Crippen molar-refractivity contribution in [1.82, 2.24) is 15.5 Å². The molecule has 0 aromatic heterocycles. The summed E-state index contributed by atoms with van der Waals surface area (Å²) in [6, 6.07) is 21.9. The minimum Gasteiger partial charge on any atom is -0.373 e. The van der Waals surface area contributed by atoms with Crippen LogP contribution in [0, 0.1) is 5.92 Å². The predicted octanol–water partition coefficient (Wildman–Crippen LogP) is 3.98. The fourth-order valence-corrected chi connectivity index (χ4v) is 4.76. The summed E-state index contributed by atoms with van der Waals surface area (Å²) in [6.07, 6.45) is 4.77. The van der Waals surface area contributed by atoms with E-state index in [4.69, 9.17) is 4.74 Å². The summed E-state index contributed by atoms with van der Waals surface area (Å²) in [5.74, 6) is 1.38. The summed E-state index contributed by atoms with van der Waals surface area (Å²) in [5.41, 5.74) is 2.68. The number of aliphatic imine (C=N–C) groups is 1. The smallest absolute Gasteiger partial charge is 0.191 e. The lowest BCUT2D eigenvalue weighted by atomic mass is 9.89. The van der Waals surface area contributed by atoms with Gasteiger partial charge >= 0.3 is 0 Å². The van der Waals surface area contributed by atoms with Gasteiger partial charge in [-0.1, -0.05) is 60.7 Å². The maximum atomic E-state index is 6.15. The zero-order chi connectivity index (χ0) is 21.3. The Kier molecular flexibility index (Phi) is 7.97. The van der Waals surface area contributed by atoms with Crippen LogP contribution in [-0.4, -0.2) is 50.2 Å². The largest absolute Gasteiger partial charge is 0.373 e. The first-order chi connectivity index (χ1) is 15.3. The number of nitrogens with zero attached hydrogens (tertiary/aromatic N) is 2. The molecule has 0 aliphatic carbocycles. The molecule has 2 saturated heterocycles. The lowest BCUT2D eigenvalue weighted by molar-refractivity contribution is -0.0265. The molecule has 2 fully saturated rings. The predicted molar refractivity (Wildman–Crippen MR) is 127 cm³/mol. The van der Waals surface area contributed by atoms with Gasteiger partial charge in [0.25, 0.3) is 0 Å². The van der Waals surface area contributed by atoms with E-state index in [0.29, 0.717) is 12.0 Å².